The van der Waals surface area contributed by atoms with Crippen molar-refractivity contribution < 1.29 is 12.8 Å². The molecule has 80 valence electrons. The highest BCUT2D eigenvalue weighted by molar-refractivity contribution is 7.89. The Bertz CT molecular complexity index is 650. The van der Waals surface area contributed by atoms with E-state index in [-0.39, 0.29) is 5.88 Å². The first-order chi connectivity index (χ1) is 6.97. The molecule has 1 heterocycles. The summed E-state index contributed by atoms with van der Waals surface area (Å²) in [6, 6.07) is 6.70. The molecule has 0 unspecified atom stereocenters. The second-order valence-corrected chi connectivity index (χ2v) is 5.43. The Morgan fingerprint density at radius 3 is 2.67 bits per heavy atom. The summed E-state index contributed by atoms with van der Waals surface area (Å²) in [5.74, 6) is -1.01. The van der Waals surface area contributed by atoms with Crippen molar-refractivity contribution in [2.45, 2.75) is 5.88 Å². The Morgan fingerprint density at radius 2 is 2.00 bits per heavy atom. The van der Waals surface area contributed by atoms with Gasteiger partial charge in [0.15, 0.2) is 15.4 Å². The maximum absolute atomic E-state index is 11.3. The fourth-order valence-corrected chi connectivity index (χ4v) is 2.08. The van der Waals surface area contributed by atoms with Crippen LogP contribution in [0.3, 0.4) is 0 Å². The summed E-state index contributed by atoms with van der Waals surface area (Å²) in [4.78, 5) is 11.3. The normalized spacial score (nSPS) is 12.1. The lowest BCUT2D eigenvalue weighted by atomic mass is 10.3. The molecule has 0 fully saturated rings. The van der Waals surface area contributed by atoms with Gasteiger partial charge < -0.3 is 4.42 Å². The minimum absolute atomic E-state index is 0.358. The van der Waals surface area contributed by atoms with Gasteiger partial charge >= 0.3 is 5.76 Å². The standard InChI is InChI=1S/C9H9NO4S/c1-15(12,13)6-10-7-4-2-3-5-8(7)14-9(10)11/h2-5H,6H2,1H3. The zero-order valence-corrected chi connectivity index (χ0v) is 8.82. The molecule has 0 aliphatic carbocycles. The van der Waals surface area contributed by atoms with Crippen LogP contribution in [0.25, 0.3) is 11.1 Å². The molecule has 0 aliphatic heterocycles. The highest BCUT2D eigenvalue weighted by atomic mass is 32.2. The molecule has 5 nitrogen and oxygen atoms in total. The Balaban J connectivity index is 2.70. The van der Waals surface area contributed by atoms with Crippen LogP contribution in [-0.2, 0) is 15.7 Å². The Labute approximate surface area is 85.9 Å². The van der Waals surface area contributed by atoms with E-state index in [1.165, 1.54) is 0 Å². The van der Waals surface area contributed by atoms with Crippen molar-refractivity contribution >= 4 is 20.9 Å². The van der Waals surface area contributed by atoms with Gasteiger partial charge in [0.2, 0.25) is 0 Å². The van der Waals surface area contributed by atoms with E-state index in [4.69, 9.17) is 4.42 Å². The quantitative estimate of drug-likeness (QED) is 0.753. The van der Waals surface area contributed by atoms with Gasteiger partial charge in [-0.3, -0.25) is 4.57 Å². The summed E-state index contributed by atoms with van der Waals surface area (Å²) in [7, 11) is -3.26. The van der Waals surface area contributed by atoms with Crippen LogP contribution in [0.2, 0.25) is 0 Å². The number of fused-ring (bicyclic) bond motifs is 1. The number of aromatic nitrogens is 1. The van der Waals surface area contributed by atoms with Crippen molar-refractivity contribution in [1.29, 1.82) is 0 Å². The van der Waals surface area contributed by atoms with Gasteiger partial charge in [-0.1, -0.05) is 12.1 Å². The molecule has 0 amide bonds. The summed E-state index contributed by atoms with van der Waals surface area (Å²) >= 11 is 0. The van der Waals surface area contributed by atoms with Crippen LogP contribution in [0.4, 0.5) is 0 Å². The smallest absolute Gasteiger partial charge is 0.408 e. The number of hydrogen-bond donors (Lipinski definition) is 0. The molecule has 6 heteroatoms. The van der Waals surface area contributed by atoms with Crippen LogP contribution in [0, 0.1) is 0 Å². The van der Waals surface area contributed by atoms with Gasteiger partial charge in [-0.2, -0.15) is 0 Å². The first-order valence-electron chi connectivity index (χ1n) is 4.23. The molecule has 0 bridgehead atoms. The molecule has 0 saturated carbocycles. The van der Waals surface area contributed by atoms with Crippen molar-refractivity contribution in [3.05, 3.63) is 34.8 Å². The zero-order valence-electron chi connectivity index (χ0n) is 8.00. The average Bonchev–Trinajstić information content (AvgIpc) is 2.41. The van der Waals surface area contributed by atoms with Crippen molar-refractivity contribution in [2.24, 2.45) is 0 Å². The van der Waals surface area contributed by atoms with Crippen LogP contribution in [0.1, 0.15) is 0 Å². The van der Waals surface area contributed by atoms with E-state index in [1.807, 2.05) is 0 Å². The van der Waals surface area contributed by atoms with E-state index < -0.39 is 15.6 Å². The summed E-state index contributed by atoms with van der Waals surface area (Å²) < 4.78 is 28.2. The van der Waals surface area contributed by atoms with Crippen LogP contribution in [0.15, 0.2) is 33.5 Å². The average molecular weight is 227 g/mol. The van der Waals surface area contributed by atoms with Crippen molar-refractivity contribution in [1.82, 2.24) is 4.57 Å². The van der Waals surface area contributed by atoms with Gasteiger partial charge in [0.25, 0.3) is 0 Å². The first-order valence-corrected chi connectivity index (χ1v) is 6.29. The molecule has 0 radical (unpaired) electrons. The predicted octanol–water partition coefficient (Wildman–Crippen LogP) is 0.597. The van der Waals surface area contributed by atoms with E-state index in [0.717, 1.165) is 10.8 Å². The second kappa shape index (κ2) is 3.23. The molecule has 2 aromatic rings. The highest BCUT2D eigenvalue weighted by Gasteiger charge is 2.12. The number of sulfone groups is 1. The van der Waals surface area contributed by atoms with Crippen molar-refractivity contribution in [3.8, 4) is 0 Å². The molecule has 0 spiro atoms. The third-order valence-corrected chi connectivity index (χ3v) is 2.66. The number of benzene rings is 1. The number of rotatable bonds is 2. The third-order valence-electron chi connectivity index (χ3n) is 1.94. The van der Waals surface area contributed by atoms with Gasteiger partial charge in [-0.05, 0) is 12.1 Å². The lowest BCUT2D eigenvalue weighted by Gasteiger charge is -1.98. The maximum atomic E-state index is 11.3. The minimum Gasteiger partial charge on any atom is -0.408 e. The van der Waals surface area contributed by atoms with Crippen molar-refractivity contribution in [2.75, 3.05) is 6.26 Å². The van der Waals surface area contributed by atoms with E-state index in [0.29, 0.717) is 11.1 Å². The SMILES string of the molecule is CS(=O)(=O)Cn1c(=O)oc2ccccc21. The van der Waals surface area contributed by atoms with Crippen LogP contribution < -0.4 is 5.76 Å². The molecule has 1 aromatic heterocycles. The Kier molecular flexibility index (Phi) is 2.15. The van der Waals surface area contributed by atoms with E-state index in [1.54, 1.807) is 24.3 Å². The van der Waals surface area contributed by atoms with E-state index >= 15 is 0 Å². The van der Waals surface area contributed by atoms with Gasteiger partial charge in [0, 0.05) is 6.26 Å². The first kappa shape index (κ1) is 9.97. The Hall–Kier alpha value is -1.56. The monoisotopic (exact) mass is 227 g/mol. The molecular weight excluding hydrogens is 218 g/mol. The molecule has 0 saturated heterocycles. The maximum Gasteiger partial charge on any atom is 0.420 e. The fourth-order valence-electron chi connectivity index (χ4n) is 1.37. The summed E-state index contributed by atoms with van der Waals surface area (Å²) in [5, 5.41) is 0. The second-order valence-electron chi connectivity index (χ2n) is 3.32. The molecule has 15 heavy (non-hydrogen) atoms. The van der Waals surface area contributed by atoms with Gasteiger partial charge in [0.05, 0.1) is 5.52 Å². The zero-order chi connectivity index (χ0) is 11.1. The topological polar surface area (TPSA) is 69.3 Å². The highest BCUT2D eigenvalue weighted by Crippen LogP contribution is 2.12. The fraction of sp³-hybridized carbons (Fsp3) is 0.222. The summed E-state index contributed by atoms with van der Waals surface area (Å²) in [6.07, 6.45) is 1.07. The molecule has 2 rings (SSSR count). The lowest BCUT2D eigenvalue weighted by molar-refractivity contribution is 0.518. The molecule has 0 N–H and O–H groups in total. The lowest BCUT2D eigenvalue weighted by Crippen LogP contribution is -2.19. The predicted molar refractivity (Wildman–Crippen MR) is 55.3 cm³/mol. The summed E-state index contributed by atoms with van der Waals surface area (Å²) in [6.45, 7) is 0. The van der Waals surface area contributed by atoms with E-state index in [9.17, 15) is 13.2 Å². The number of para-hydroxylation sites is 2. The Morgan fingerprint density at radius 1 is 1.33 bits per heavy atom. The number of nitrogens with zero attached hydrogens (tertiary/aromatic N) is 1. The van der Waals surface area contributed by atoms with Crippen LogP contribution in [-0.4, -0.2) is 19.2 Å². The molecular formula is C9H9NO4S. The minimum atomic E-state index is -3.26. The van der Waals surface area contributed by atoms with Gasteiger partial charge in [0.1, 0.15) is 5.88 Å². The van der Waals surface area contributed by atoms with E-state index in [2.05, 4.69) is 0 Å². The largest absolute Gasteiger partial charge is 0.420 e. The molecule has 0 atom stereocenters. The third kappa shape index (κ3) is 1.94. The van der Waals surface area contributed by atoms with Gasteiger partial charge in [-0.25, -0.2) is 13.2 Å². The number of hydrogen-bond acceptors (Lipinski definition) is 4. The van der Waals surface area contributed by atoms with Crippen LogP contribution >= 0.6 is 0 Å². The molecule has 0 aliphatic rings. The van der Waals surface area contributed by atoms with Crippen LogP contribution in [0.5, 0.6) is 0 Å². The number of oxazole rings is 1. The van der Waals surface area contributed by atoms with Gasteiger partial charge in [-0.15, -0.1) is 0 Å². The molecule has 1 aromatic carbocycles. The van der Waals surface area contributed by atoms with Crippen molar-refractivity contribution in [3.63, 3.8) is 0 Å². The summed E-state index contributed by atoms with van der Waals surface area (Å²) in [5.41, 5.74) is 0.888.